The van der Waals surface area contributed by atoms with Gasteiger partial charge in [0, 0.05) is 11.3 Å². The van der Waals surface area contributed by atoms with Gasteiger partial charge in [-0.05, 0) is 25.3 Å². The van der Waals surface area contributed by atoms with Crippen LogP contribution in [0.3, 0.4) is 0 Å². The predicted octanol–water partition coefficient (Wildman–Crippen LogP) is 3.24. The van der Waals surface area contributed by atoms with Crippen LogP contribution in [0.4, 0.5) is 0 Å². The van der Waals surface area contributed by atoms with E-state index in [0.29, 0.717) is 12.0 Å². The normalized spacial score (nSPS) is 17.3. The smallest absolute Gasteiger partial charge is 0.177 e. The lowest BCUT2D eigenvalue weighted by Gasteiger charge is -2.07. The molecule has 25 heavy (non-hydrogen) atoms. The van der Waals surface area contributed by atoms with Crippen LogP contribution >= 0.6 is 0 Å². The fourth-order valence-corrected chi connectivity index (χ4v) is 4.51. The third kappa shape index (κ3) is 4.63. The van der Waals surface area contributed by atoms with Crippen molar-refractivity contribution in [1.82, 2.24) is 0 Å². The third-order valence-electron chi connectivity index (χ3n) is 4.33. The van der Waals surface area contributed by atoms with E-state index < -0.39 is 15.6 Å². The summed E-state index contributed by atoms with van der Waals surface area (Å²) >= 11 is 0. The van der Waals surface area contributed by atoms with Gasteiger partial charge in [-0.1, -0.05) is 60.2 Å². The average Bonchev–Trinajstić information content (AvgIpc) is 3.03. The van der Waals surface area contributed by atoms with E-state index in [4.69, 9.17) is 0 Å². The van der Waals surface area contributed by atoms with Crippen molar-refractivity contribution in [2.45, 2.75) is 25.8 Å². The van der Waals surface area contributed by atoms with Gasteiger partial charge in [0.1, 0.15) is 5.75 Å². The van der Waals surface area contributed by atoms with Crippen LogP contribution in [0, 0.1) is 6.92 Å². The fourth-order valence-electron chi connectivity index (χ4n) is 3.00. The summed E-state index contributed by atoms with van der Waals surface area (Å²) in [4.78, 5) is 16.7. The molecule has 0 fully saturated rings. The number of Topliss-reactive ketones (excluding diaryl/α,β-unsaturated/α-hetero) is 1. The van der Waals surface area contributed by atoms with Gasteiger partial charge in [0.2, 0.25) is 0 Å². The van der Waals surface area contributed by atoms with E-state index >= 15 is 0 Å². The first kappa shape index (κ1) is 17.5. The first-order chi connectivity index (χ1) is 11.9. The van der Waals surface area contributed by atoms with Crippen LogP contribution in [0.1, 0.15) is 34.3 Å². The largest absolute Gasteiger partial charge is 0.293 e. The molecule has 1 heterocycles. The second-order valence-electron chi connectivity index (χ2n) is 6.48. The van der Waals surface area contributed by atoms with Crippen LogP contribution in [-0.4, -0.2) is 37.5 Å². The Kier molecular flexibility index (Phi) is 5.13. The van der Waals surface area contributed by atoms with E-state index in [-0.39, 0.29) is 17.6 Å². The molecule has 3 rings (SSSR count). The minimum atomic E-state index is -3.48. The maximum Gasteiger partial charge on any atom is 0.177 e. The zero-order valence-corrected chi connectivity index (χ0v) is 15.0. The molecule has 0 spiro atoms. The number of nitrogens with zero attached hydrogens (tertiary/aromatic N) is 1. The molecule has 0 aromatic heterocycles. The molecule has 0 saturated heterocycles. The van der Waals surface area contributed by atoms with E-state index in [1.54, 1.807) is 30.3 Å². The summed E-state index contributed by atoms with van der Waals surface area (Å²) in [6, 6.07) is 16.4. The summed E-state index contributed by atoms with van der Waals surface area (Å²) in [5.41, 5.74) is 3.61. The molecule has 0 aliphatic carbocycles. The van der Waals surface area contributed by atoms with Gasteiger partial charge in [0.15, 0.2) is 15.6 Å². The van der Waals surface area contributed by atoms with Crippen molar-refractivity contribution in [3.05, 3.63) is 71.3 Å². The number of rotatable bonds is 6. The number of benzene rings is 2. The summed E-state index contributed by atoms with van der Waals surface area (Å²) in [6.45, 7) is 2.03. The molecule has 1 aliphatic rings. The Morgan fingerprint density at radius 2 is 1.76 bits per heavy atom. The van der Waals surface area contributed by atoms with Gasteiger partial charge in [0.25, 0.3) is 0 Å². The highest BCUT2D eigenvalue weighted by Crippen LogP contribution is 2.20. The Morgan fingerprint density at radius 3 is 2.44 bits per heavy atom. The van der Waals surface area contributed by atoms with E-state index in [1.165, 1.54) is 5.56 Å². The molecular formula is C20H21NO3S. The van der Waals surface area contributed by atoms with Crippen molar-refractivity contribution in [2.75, 3.05) is 11.5 Å². The Hall–Kier alpha value is -2.27. The lowest BCUT2D eigenvalue weighted by molar-refractivity contribution is 0.102. The van der Waals surface area contributed by atoms with Gasteiger partial charge in [-0.3, -0.25) is 9.79 Å². The highest BCUT2D eigenvalue weighted by molar-refractivity contribution is 7.92. The number of hydrogen-bond acceptors (Lipinski definition) is 4. The van der Waals surface area contributed by atoms with Crippen LogP contribution in [0.15, 0.2) is 59.6 Å². The van der Waals surface area contributed by atoms with Gasteiger partial charge < -0.3 is 0 Å². The van der Waals surface area contributed by atoms with E-state index in [0.717, 1.165) is 17.7 Å². The molecule has 2 aromatic rings. The standard InChI is InChI=1S/C20H21NO3S/c1-15-7-9-16(10-8-15)19-12-11-18(21-19)13-25(23,24)14-20(22)17-5-3-2-4-6-17/h2-10,18H,11-14H2,1H3. The first-order valence-electron chi connectivity index (χ1n) is 8.35. The maximum atomic E-state index is 12.4. The molecular weight excluding hydrogens is 334 g/mol. The molecule has 0 amide bonds. The molecule has 0 N–H and O–H groups in total. The minimum Gasteiger partial charge on any atom is -0.293 e. The maximum absolute atomic E-state index is 12.4. The van der Waals surface area contributed by atoms with Crippen molar-refractivity contribution in [2.24, 2.45) is 4.99 Å². The summed E-state index contributed by atoms with van der Waals surface area (Å²) in [5.74, 6) is -0.884. The van der Waals surface area contributed by atoms with Crippen molar-refractivity contribution in [1.29, 1.82) is 0 Å². The molecule has 130 valence electrons. The Labute approximate surface area is 148 Å². The van der Waals surface area contributed by atoms with Gasteiger partial charge in [-0.2, -0.15) is 0 Å². The van der Waals surface area contributed by atoms with Crippen LogP contribution in [0.5, 0.6) is 0 Å². The Bertz CT molecular complexity index is 884. The SMILES string of the molecule is Cc1ccc(C2=NC(CS(=O)(=O)CC(=O)c3ccccc3)CC2)cc1. The zero-order valence-electron chi connectivity index (χ0n) is 14.2. The minimum absolute atomic E-state index is 0.0685. The lowest BCUT2D eigenvalue weighted by atomic mass is 10.1. The van der Waals surface area contributed by atoms with Crippen LogP contribution in [-0.2, 0) is 9.84 Å². The Balaban J connectivity index is 1.65. The number of hydrogen-bond donors (Lipinski definition) is 0. The number of aliphatic imine (C=N–C) groups is 1. The van der Waals surface area contributed by atoms with Gasteiger partial charge >= 0.3 is 0 Å². The molecule has 4 nitrogen and oxygen atoms in total. The van der Waals surface area contributed by atoms with Crippen molar-refractivity contribution in [3.8, 4) is 0 Å². The Morgan fingerprint density at radius 1 is 1.08 bits per heavy atom. The molecule has 1 aliphatic heterocycles. The number of carbonyl (C=O) groups is 1. The highest BCUT2D eigenvalue weighted by Gasteiger charge is 2.26. The second kappa shape index (κ2) is 7.31. The molecule has 5 heteroatoms. The quantitative estimate of drug-likeness (QED) is 0.747. The lowest BCUT2D eigenvalue weighted by Crippen LogP contribution is -2.24. The summed E-state index contributed by atoms with van der Waals surface area (Å²) < 4.78 is 24.7. The van der Waals surface area contributed by atoms with Crippen molar-refractivity contribution in [3.63, 3.8) is 0 Å². The monoisotopic (exact) mass is 355 g/mol. The van der Waals surface area contributed by atoms with Crippen LogP contribution < -0.4 is 0 Å². The van der Waals surface area contributed by atoms with Crippen molar-refractivity contribution >= 4 is 21.3 Å². The van der Waals surface area contributed by atoms with E-state index in [2.05, 4.69) is 4.99 Å². The average molecular weight is 355 g/mol. The fraction of sp³-hybridized carbons (Fsp3) is 0.300. The highest BCUT2D eigenvalue weighted by atomic mass is 32.2. The predicted molar refractivity (Wildman–Crippen MR) is 100 cm³/mol. The molecule has 1 atom stereocenters. The molecule has 1 unspecified atom stereocenters. The summed E-state index contributed by atoms with van der Waals surface area (Å²) in [5, 5.41) is 0. The number of carbonyl (C=O) groups excluding carboxylic acids is 1. The van der Waals surface area contributed by atoms with Gasteiger partial charge in [0.05, 0.1) is 11.8 Å². The van der Waals surface area contributed by atoms with Gasteiger partial charge in [-0.15, -0.1) is 0 Å². The topological polar surface area (TPSA) is 63.6 Å². The first-order valence-corrected chi connectivity index (χ1v) is 10.2. The van der Waals surface area contributed by atoms with Crippen LogP contribution in [0.25, 0.3) is 0 Å². The van der Waals surface area contributed by atoms with Gasteiger partial charge in [-0.25, -0.2) is 8.42 Å². The molecule has 0 radical (unpaired) electrons. The molecule has 2 aromatic carbocycles. The van der Waals surface area contributed by atoms with E-state index in [1.807, 2.05) is 31.2 Å². The molecule has 0 bridgehead atoms. The van der Waals surface area contributed by atoms with Crippen molar-refractivity contribution < 1.29 is 13.2 Å². The number of ketones is 1. The summed E-state index contributed by atoms with van der Waals surface area (Å²) in [7, 11) is -3.48. The van der Waals surface area contributed by atoms with E-state index in [9.17, 15) is 13.2 Å². The zero-order chi connectivity index (χ0) is 17.9. The third-order valence-corrected chi connectivity index (χ3v) is 5.93. The number of sulfone groups is 1. The van der Waals surface area contributed by atoms with Crippen LogP contribution in [0.2, 0.25) is 0 Å². The number of aryl methyl sites for hydroxylation is 1. The molecule has 0 saturated carbocycles. The second-order valence-corrected chi connectivity index (χ2v) is 8.59. The summed E-state index contributed by atoms with van der Waals surface area (Å²) in [6.07, 6.45) is 1.48.